The van der Waals surface area contributed by atoms with Crippen LogP contribution in [0.1, 0.15) is 111 Å². The first kappa shape index (κ1) is 45.2. The smallest absolute Gasteiger partial charge is 0.407 e. The van der Waals surface area contributed by atoms with Gasteiger partial charge in [0.05, 0.1) is 59.1 Å². The number of halogens is 5. The molecule has 0 saturated carbocycles. The standard InChI is InChI=1S/C50H52F5N9O4/c1-26(67-2)45(61-50(66)68-3)49(65)63-17-5-7-44(63)48-59-39-23-32(34(53)25-41(39)60-48)43-13-12-42(31-22-38-40(24-33(31)52)58-47(57-38)37-6-4-16-56-37)64(43)30-20-35(54)46(36(55)21-30)62-18-14-28(15-19-62)27-8-10-29(51)11-9-27/h8-11,20-26,28,42-45H,4-7,12-19H2,1-3H3,(H,57,58)(H,59,60)(H,61,66)/t26-,42-,43-,44+,45+/m1/s1. The number of aromatic amines is 2. The zero-order chi connectivity index (χ0) is 47.4. The van der Waals surface area contributed by atoms with Gasteiger partial charge < -0.3 is 39.5 Å². The van der Waals surface area contributed by atoms with E-state index in [-0.39, 0.29) is 34.2 Å². The van der Waals surface area contributed by atoms with E-state index in [0.29, 0.717) is 98.4 Å². The molecule has 0 spiro atoms. The molecule has 10 rings (SSSR count). The lowest BCUT2D eigenvalue weighted by atomic mass is 9.89. The van der Waals surface area contributed by atoms with Crippen LogP contribution < -0.4 is 15.1 Å². The minimum absolute atomic E-state index is 0.109. The first-order valence-corrected chi connectivity index (χ1v) is 23.3. The number of H-pyrrole nitrogens is 2. The first-order valence-electron chi connectivity index (χ1n) is 23.3. The Bertz CT molecular complexity index is 2890. The number of fused-ring (bicyclic) bond motifs is 2. The summed E-state index contributed by atoms with van der Waals surface area (Å²) in [4.78, 5) is 51.7. The van der Waals surface area contributed by atoms with E-state index >= 15 is 17.6 Å². The van der Waals surface area contributed by atoms with Crippen LogP contribution in [-0.2, 0) is 14.3 Å². The van der Waals surface area contributed by atoms with Crippen LogP contribution in [0, 0.1) is 29.1 Å². The van der Waals surface area contributed by atoms with Gasteiger partial charge in [-0.05, 0) is 106 Å². The van der Waals surface area contributed by atoms with Crippen molar-refractivity contribution >= 4 is 51.2 Å². The molecule has 4 aliphatic heterocycles. The lowest BCUT2D eigenvalue weighted by molar-refractivity contribution is -0.137. The third kappa shape index (κ3) is 8.40. The Kier molecular flexibility index (Phi) is 12.3. The van der Waals surface area contributed by atoms with Gasteiger partial charge >= 0.3 is 6.09 Å². The summed E-state index contributed by atoms with van der Waals surface area (Å²) in [6.07, 6.45) is 3.21. The molecular weight excluding hydrogens is 886 g/mol. The number of hydrogen-bond donors (Lipinski definition) is 3. The summed E-state index contributed by atoms with van der Waals surface area (Å²) >= 11 is 0. The fourth-order valence-electron chi connectivity index (χ4n) is 10.8. The van der Waals surface area contributed by atoms with Crippen molar-refractivity contribution < 1.29 is 41.0 Å². The minimum atomic E-state index is -1.05. The van der Waals surface area contributed by atoms with Crippen molar-refractivity contribution in [2.24, 2.45) is 4.99 Å². The second kappa shape index (κ2) is 18.5. The summed E-state index contributed by atoms with van der Waals surface area (Å²) in [5, 5.41) is 2.58. The van der Waals surface area contributed by atoms with Crippen molar-refractivity contribution in [2.45, 2.75) is 94.5 Å². The van der Waals surface area contributed by atoms with E-state index in [9.17, 15) is 14.0 Å². The van der Waals surface area contributed by atoms with Crippen molar-refractivity contribution in [3.63, 3.8) is 0 Å². The number of aliphatic imine (C=N–C) groups is 1. The molecule has 4 aliphatic rings. The van der Waals surface area contributed by atoms with Gasteiger partial charge in [0.2, 0.25) is 5.91 Å². The van der Waals surface area contributed by atoms with Gasteiger partial charge in [-0.3, -0.25) is 9.79 Å². The molecule has 13 nitrogen and oxygen atoms in total. The monoisotopic (exact) mass is 937 g/mol. The number of ether oxygens (including phenoxy) is 2. The van der Waals surface area contributed by atoms with Crippen LogP contribution in [0.3, 0.4) is 0 Å². The van der Waals surface area contributed by atoms with Crippen LogP contribution in [0.2, 0.25) is 0 Å². The fraction of sp³-hybridized carbons (Fsp3) is 0.420. The highest BCUT2D eigenvalue weighted by Crippen LogP contribution is 2.50. The molecule has 0 aliphatic carbocycles. The average molecular weight is 938 g/mol. The molecular formula is C50H52F5N9O4. The third-order valence-electron chi connectivity index (χ3n) is 14.3. The number of aromatic nitrogens is 4. The lowest BCUT2D eigenvalue weighted by Gasteiger charge is -2.36. The Morgan fingerprint density at radius 2 is 1.40 bits per heavy atom. The van der Waals surface area contributed by atoms with Crippen molar-refractivity contribution in [3.05, 3.63) is 118 Å². The topological polar surface area (TPSA) is 144 Å². The van der Waals surface area contributed by atoms with Crippen LogP contribution in [0.15, 0.2) is 65.7 Å². The molecule has 3 N–H and O–H groups in total. The van der Waals surface area contributed by atoms with Gasteiger partial charge in [-0.2, -0.15) is 0 Å². The number of hydrogen-bond acceptors (Lipinski definition) is 9. The maximum absolute atomic E-state index is 16.8. The molecule has 0 bridgehead atoms. The Hall–Kier alpha value is -6.56. The van der Waals surface area contributed by atoms with Gasteiger partial charge in [0.15, 0.2) is 17.5 Å². The number of imidazole rings is 2. The number of carbonyl (C=O) groups excluding carboxylic acids is 2. The zero-order valence-electron chi connectivity index (χ0n) is 37.9. The van der Waals surface area contributed by atoms with E-state index in [1.54, 1.807) is 45.9 Å². The number of nitrogens with zero attached hydrogens (tertiary/aromatic N) is 6. The third-order valence-corrected chi connectivity index (χ3v) is 14.3. The largest absolute Gasteiger partial charge is 0.453 e. The maximum atomic E-state index is 16.8. The van der Waals surface area contributed by atoms with Gasteiger partial charge in [-0.15, -0.1) is 0 Å². The predicted molar refractivity (Wildman–Crippen MR) is 246 cm³/mol. The molecule has 4 aromatic carbocycles. The molecule has 6 aromatic rings. The van der Waals surface area contributed by atoms with Gasteiger partial charge in [-0.25, -0.2) is 36.7 Å². The Labute approximate surface area is 389 Å². The molecule has 3 saturated heterocycles. The molecule has 2 amide bonds. The van der Waals surface area contributed by atoms with E-state index in [4.69, 9.17) is 14.5 Å². The predicted octanol–water partition coefficient (Wildman–Crippen LogP) is 9.61. The molecule has 18 heteroatoms. The molecule has 0 unspecified atom stereocenters. The molecule has 2 aromatic heterocycles. The van der Waals surface area contributed by atoms with Crippen molar-refractivity contribution in [3.8, 4) is 0 Å². The molecule has 0 radical (unpaired) electrons. The summed E-state index contributed by atoms with van der Waals surface area (Å²) in [6.45, 7) is 3.48. The van der Waals surface area contributed by atoms with Crippen LogP contribution in [0.25, 0.3) is 22.1 Å². The molecule has 3 fully saturated rings. The van der Waals surface area contributed by atoms with Crippen LogP contribution >= 0.6 is 0 Å². The normalized spacial score (nSPS) is 21.0. The van der Waals surface area contributed by atoms with Crippen LogP contribution in [0.4, 0.5) is 38.1 Å². The van der Waals surface area contributed by atoms with Crippen LogP contribution in [0.5, 0.6) is 0 Å². The number of amides is 2. The van der Waals surface area contributed by atoms with Gasteiger partial charge in [0, 0.05) is 62.2 Å². The van der Waals surface area contributed by atoms with Crippen LogP contribution in [-0.4, -0.2) is 95.1 Å². The summed E-state index contributed by atoms with van der Waals surface area (Å²) < 4.78 is 90.4. The highest BCUT2D eigenvalue weighted by molar-refractivity contribution is 6.00. The summed E-state index contributed by atoms with van der Waals surface area (Å²) in [6, 6.07) is 11.6. The van der Waals surface area contributed by atoms with Gasteiger partial charge in [0.1, 0.15) is 35.0 Å². The summed E-state index contributed by atoms with van der Waals surface area (Å²) in [5.74, 6) is -2.40. The Balaban J connectivity index is 0.994. The van der Waals surface area contributed by atoms with Crippen molar-refractivity contribution in [1.82, 2.24) is 30.2 Å². The van der Waals surface area contributed by atoms with Crippen molar-refractivity contribution in [2.75, 3.05) is 50.2 Å². The molecule has 68 heavy (non-hydrogen) atoms. The highest BCUT2D eigenvalue weighted by Gasteiger charge is 2.42. The van der Waals surface area contributed by atoms with E-state index in [0.717, 1.165) is 24.1 Å². The van der Waals surface area contributed by atoms with E-state index in [2.05, 4.69) is 25.3 Å². The minimum Gasteiger partial charge on any atom is -0.453 e. The number of benzene rings is 4. The Morgan fingerprint density at radius 1 is 0.750 bits per heavy atom. The molecule has 5 atom stereocenters. The summed E-state index contributed by atoms with van der Waals surface area (Å²) in [7, 11) is 2.64. The highest BCUT2D eigenvalue weighted by atomic mass is 19.1. The quantitative estimate of drug-likeness (QED) is 0.109. The summed E-state index contributed by atoms with van der Waals surface area (Å²) in [5.41, 5.74) is 3.97. The average Bonchev–Trinajstić information content (AvgIpc) is 4.20. The maximum Gasteiger partial charge on any atom is 0.407 e. The van der Waals surface area contributed by atoms with Gasteiger partial charge in [-0.1, -0.05) is 12.1 Å². The number of nitrogens with one attached hydrogen (secondary N) is 3. The number of alkyl carbamates (subject to hydrolysis) is 1. The number of rotatable bonds is 11. The number of anilines is 2. The van der Waals surface area contributed by atoms with E-state index in [1.165, 1.54) is 50.6 Å². The zero-order valence-corrected chi connectivity index (χ0v) is 37.9. The molecule has 6 heterocycles. The number of methoxy groups -OCH3 is 2. The van der Waals surface area contributed by atoms with E-state index < -0.39 is 65.5 Å². The fourth-order valence-corrected chi connectivity index (χ4v) is 10.8. The lowest BCUT2D eigenvalue weighted by Crippen LogP contribution is -2.54. The van der Waals surface area contributed by atoms with Gasteiger partial charge in [0.25, 0.3) is 0 Å². The second-order valence-corrected chi connectivity index (χ2v) is 18.3. The number of piperidine rings is 1. The number of likely N-dealkylation sites (tertiary alicyclic amines) is 1. The molecule has 356 valence electrons. The SMILES string of the molecule is COC(=O)N[C@H](C(=O)N1CCC[C@H]1c1nc2cc(F)c([C@H]3CC[C@H](c4cc5[nH]c(C6=NCCC6)nc5cc4F)N3c3cc(F)c(N4CCC(c5ccc(F)cc5)CC4)c(F)c3)cc2[nH]1)[C@@H](C)OC. The van der Waals surface area contributed by atoms with Crippen molar-refractivity contribution in [1.29, 1.82) is 0 Å². The first-order chi connectivity index (χ1) is 32.9. The second-order valence-electron chi connectivity index (χ2n) is 18.3. The number of carbonyl (C=O) groups is 2. The Morgan fingerprint density at radius 3 is 2.01 bits per heavy atom. The van der Waals surface area contributed by atoms with E-state index in [1.807, 2.05) is 0 Å².